The molecule has 0 aliphatic heterocycles. The van der Waals surface area contributed by atoms with Crippen molar-refractivity contribution in [2.45, 2.75) is 19.4 Å². The fourth-order valence-electron chi connectivity index (χ4n) is 2.15. The topological polar surface area (TPSA) is 65.1 Å². The molecule has 1 unspecified atom stereocenters. The number of fused-ring (bicyclic) bond motifs is 1. The van der Waals surface area contributed by atoms with E-state index in [0.717, 1.165) is 16.5 Å². The predicted molar refractivity (Wildman–Crippen MR) is 67.2 cm³/mol. The summed E-state index contributed by atoms with van der Waals surface area (Å²) in [5.74, 6) is -0.824. The van der Waals surface area contributed by atoms with Crippen LogP contribution in [0.25, 0.3) is 10.9 Å². The molecule has 0 aliphatic carbocycles. The van der Waals surface area contributed by atoms with E-state index in [1.807, 2.05) is 31.3 Å². The summed E-state index contributed by atoms with van der Waals surface area (Å²) in [4.78, 5) is 14.2. The van der Waals surface area contributed by atoms with Gasteiger partial charge in [0.25, 0.3) is 0 Å². The van der Waals surface area contributed by atoms with Crippen LogP contribution in [-0.4, -0.2) is 29.1 Å². The van der Waals surface area contributed by atoms with Gasteiger partial charge >= 0.3 is 5.97 Å². The van der Waals surface area contributed by atoms with E-state index in [-0.39, 0.29) is 0 Å². The Labute approximate surface area is 99.7 Å². The first kappa shape index (κ1) is 11.7. The Morgan fingerprint density at radius 2 is 2.29 bits per heavy atom. The first-order valence-electron chi connectivity index (χ1n) is 5.59. The molecule has 0 radical (unpaired) electrons. The minimum atomic E-state index is -0.824. The van der Waals surface area contributed by atoms with Gasteiger partial charge in [-0.3, -0.25) is 4.79 Å². The van der Waals surface area contributed by atoms with Gasteiger partial charge in [-0.25, -0.2) is 0 Å². The largest absolute Gasteiger partial charge is 0.480 e. The number of hydrogen-bond donors (Lipinski definition) is 3. The maximum Gasteiger partial charge on any atom is 0.321 e. The van der Waals surface area contributed by atoms with Crippen LogP contribution < -0.4 is 5.32 Å². The number of aryl methyl sites for hydroxylation is 1. The van der Waals surface area contributed by atoms with Crippen LogP contribution in [0.2, 0.25) is 0 Å². The van der Waals surface area contributed by atoms with Crippen molar-refractivity contribution in [2.75, 3.05) is 7.05 Å². The van der Waals surface area contributed by atoms with Crippen molar-refractivity contribution in [3.8, 4) is 0 Å². The lowest BCUT2D eigenvalue weighted by atomic mass is 10.0. The maximum atomic E-state index is 11.0. The van der Waals surface area contributed by atoms with Crippen molar-refractivity contribution in [2.24, 2.45) is 0 Å². The van der Waals surface area contributed by atoms with Gasteiger partial charge < -0.3 is 15.4 Å². The molecule has 0 saturated heterocycles. The summed E-state index contributed by atoms with van der Waals surface area (Å²) in [7, 11) is 1.67. The van der Waals surface area contributed by atoms with Gasteiger partial charge in [0, 0.05) is 23.5 Å². The number of H-pyrrole nitrogens is 1. The van der Waals surface area contributed by atoms with Gasteiger partial charge in [0.1, 0.15) is 6.04 Å². The van der Waals surface area contributed by atoms with Crippen molar-refractivity contribution >= 4 is 16.9 Å². The van der Waals surface area contributed by atoms with E-state index in [2.05, 4.69) is 10.3 Å². The van der Waals surface area contributed by atoms with Crippen LogP contribution in [0, 0.1) is 6.92 Å². The number of carboxylic acid groups (broad SMARTS) is 1. The Morgan fingerprint density at radius 1 is 1.53 bits per heavy atom. The predicted octanol–water partition coefficient (Wildman–Crippen LogP) is 1.69. The Bertz CT molecular complexity index is 545. The lowest BCUT2D eigenvalue weighted by Crippen LogP contribution is -2.35. The quantitative estimate of drug-likeness (QED) is 0.751. The van der Waals surface area contributed by atoms with Gasteiger partial charge in [-0.2, -0.15) is 0 Å². The molecule has 90 valence electrons. The standard InChI is InChI=1S/C13H16N2O2/c1-8-4-3-5-10-12(8)9(7-15-10)6-11(14-2)13(16)17/h3-5,7,11,14-15H,6H2,1-2H3,(H,16,17). The molecule has 1 heterocycles. The molecule has 1 aromatic carbocycles. The van der Waals surface area contributed by atoms with Crippen molar-refractivity contribution < 1.29 is 9.90 Å². The van der Waals surface area contributed by atoms with Crippen LogP contribution in [0.4, 0.5) is 0 Å². The summed E-state index contributed by atoms with van der Waals surface area (Å²) in [6, 6.07) is 5.48. The molecule has 4 heteroatoms. The number of carboxylic acids is 1. The zero-order valence-corrected chi connectivity index (χ0v) is 9.95. The summed E-state index contributed by atoms with van der Waals surface area (Å²) in [6.45, 7) is 2.04. The van der Waals surface area contributed by atoms with Gasteiger partial charge in [-0.1, -0.05) is 12.1 Å². The number of benzene rings is 1. The van der Waals surface area contributed by atoms with Crippen LogP contribution in [0.15, 0.2) is 24.4 Å². The molecule has 3 N–H and O–H groups in total. The van der Waals surface area contributed by atoms with Crippen LogP contribution in [0.5, 0.6) is 0 Å². The molecular formula is C13H16N2O2. The number of aliphatic carboxylic acids is 1. The van der Waals surface area contributed by atoms with E-state index in [1.165, 1.54) is 5.56 Å². The Hall–Kier alpha value is -1.81. The third-order valence-corrected chi connectivity index (χ3v) is 3.07. The lowest BCUT2D eigenvalue weighted by molar-refractivity contribution is -0.139. The number of likely N-dealkylation sites (N-methyl/N-ethyl adjacent to an activating group) is 1. The van der Waals surface area contributed by atoms with E-state index in [9.17, 15) is 4.79 Å². The number of carbonyl (C=O) groups is 1. The number of nitrogens with one attached hydrogen (secondary N) is 2. The summed E-state index contributed by atoms with van der Waals surface area (Å²) in [5, 5.41) is 13.0. The fourth-order valence-corrected chi connectivity index (χ4v) is 2.15. The van der Waals surface area contributed by atoms with Gasteiger partial charge in [0.15, 0.2) is 0 Å². The highest BCUT2D eigenvalue weighted by atomic mass is 16.4. The third kappa shape index (κ3) is 2.17. The average molecular weight is 232 g/mol. The van der Waals surface area contributed by atoms with Crippen LogP contribution >= 0.6 is 0 Å². The normalized spacial score (nSPS) is 12.8. The van der Waals surface area contributed by atoms with Crippen LogP contribution in [-0.2, 0) is 11.2 Å². The second-order valence-corrected chi connectivity index (χ2v) is 4.20. The summed E-state index contributed by atoms with van der Waals surface area (Å²) in [5.41, 5.74) is 3.26. The molecule has 2 rings (SSSR count). The van der Waals surface area contributed by atoms with Gasteiger partial charge in [0.2, 0.25) is 0 Å². The smallest absolute Gasteiger partial charge is 0.321 e. The maximum absolute atomic E-state index is 11.0. The Morgan fingerprint density at radius 3 is 2.94 bits per heavy atom. The van der Waals surface area contributed by atoms with E-state index < -0.39 is 12.0 Å². The van der Waals surface area contributed by atoms with E-state index in [1.54, 1.807) is 7.05 Å². The molecule has 1 atom stereocenters. The number of aromatic nitrogens is 1. The highest BCUT2D eigenvalue weighted by Crippen LogP contribution is 2.23. The highest BCUT2D eigenvalue weighted by molar-refractivity contribution is 5.87. The van der Waals surface area contributed by atoms with Crippen molar-refractivity contribution in [3.05, 3.63) is 35.5 Å². The molecule has 0 fully saturated rings. The molecule has 2 aromatic rings. The average Bonchev–Trinajstić information content (AvgIpc) is 2.70. The first-order chi connectivity index (χ1) is 8.13. The molecule has 1 aromatic heterocycles. The summed E-state index contributed by atoms with van der Waals surface area (Å²) < 4.78 is 0. The fraction of sp³-hybridized carbons (Fsp3) is 0.308. The van der Waals surface area contributed by atoms with Crippen molar-refractivity contribution in [1.82, 2.24) is 10.3 Å². The SMILES string of the molecule is CNC(Cc1c[nH]c2cccc(C)c12)C(=O)O. The Kier molecular flexibility index (Phi) is 3.15. The monoisotopic (exact) mass is 232 g/mol. The number of aromatic amines is 1. The highest BCUT2D eigenvalue weighted by Gasteiger charge is 2.17. The van der Waals surface area contributed by atoms with Crippen molar-refractivity contribution in [3.63, 3.8) is 0 Å². The molecule has 0 spiro atoms. The minimum Gasteiger partial charge on any atom is -0.480 e. The van der Waals surface area contributed by atoms with E-state index in [4.69, 9.17) is 5.11 Å². The summed E-state index contributed by atoms with van der Waals surface area (Å²) in [6.07, 6.45) is 2.38. The van der Waals surface area contributed by atoms with Gasteiger partial charge in [-0.05, 0) is 31.2 Å². The van der Waals surface area contributed by atoms with Gasteiger partial charge in [0.05, 0.1) is 0 Å². The second-order valence-electron chi connectivity index (χ2n) is 4.20. The minimum absolute atomic E-state index is 0.483. The molecule has 4 nitrogen and oxygen atoms in total. The molecule has 0 bridgehead atoms. The van der Waals surface area contributed by atoms with Gasteiger partial charge in [-0.15, -0.1) is 0 Å². The third-order valence-electron chi connectivity index (χ3n) is 3.07. The zero-order valence-electron chi connectivity index (χ0n) is 9.95. The van der Waals surface area contributed by atoms with E-state index >= 15 is 0 Å². The molecule has 17 heavy (non-hydrogen) atoms. The number of rotatable bonds is 4. The number of hydrogen-bond acceptors (Lipinski definition) is 2. The zero-order chi connectivity index (χ0) is 12.4. The van der Waals surface area contributed by atoms with Crippen LogP contribution in [0.1, 0.15) is 11.1 Å². The molecule has 0 amide bonds. The summed E-state index contributed by atoms with van der Waals surface area (Å²) >= 11 is 0. The molecule has 0 saturated carbocycles. The Balaban J connectivity index is 2.39. The molecule has 0 aliphatic rings. The van der Waals surface area contributed by atoms with E-state index in [0.29, 0.717) is 6.42 Å². The van der Waals surface area contributed by atoms with Crippen LogP contribution in [0.3, 0.4) is 0 Å². The second kappa shape index (κ2) is 4.59. The lowest BCUT2D eigenvalue weighted by Gasteiger charge is -2.10. The molecular weight excluding hydrogens is 216 g/mol. The first-order valence-corrected chi connectivity index (χ1v) is 5.59. The van der Waals surface area contributed by atoms with Crippen molar-refractivity contribution in [1.29, 1.82) is 0 Å².